The number of carbonyl (C=O) groups is 1. The van der Waals surface area contributed by atoms with Crippen molar-refractivity contribution >= 4 is 5.91 Å². The summed E-state index contributed by atoms with van der Waals surface area (Å²) in [4.78, 5) is 16.8. The van der Waals surface area contributed by atoms with Gasteiger partial charge in [-0.25, -0.2) is 0 Å². The molecule has 1 N–H and O–H groups in total. The number of carbonyl (C=O) groups excluding carboxylic acids is 1. The molecule has 132 valence electrons. The summed E-state index contributed by atoms with van der Waals surface area (Å²) in [6, 6.07) is 20.3. The van der Waals surface area contributed by atoms with E-state index in [1.807, 2.05) is 48.3 Å². The second-order valence-corrected chi connectivity index (χ2v) is 6.90. The van der Waals surface area contributed by atoms with Crippen LogP contribution in [-0.4, -0.2) is 53.1 Å². The quantitative estimate of drug-likeness (QED) is 0.912. The largest absolute Gasteiger partial charge is 0.392 e. The van der Waals surface area contributed by atoms with Gasteiger partial charge in [0.2, 0.25) is 5.91 Å². The Balaban J connectivity index is 1.82. The van der Waals surface area contributed by atoms with Crippen LogP contribution < -0.4 is 0 Å². The van der Waals surface area contributed by atoms with Gasteiger partial charge in [0.15, 0.2) is 0 Å². The summed E-state index contributed by atoms with van der Waals surface area (Å²) < 4.78 is 0. The Morgan fingerprint density at radius 3 is 2.08 bits per heavy atom. The van der Waals surface area contributed by atoms with E-state index < -0.39 is 0 Å². The Hall–Kier alpha value is -2.17. The van der Waals surface area contributed by atoms with Crippen LogP contribution in [0.15, 0.2) is 60.7 Å². The molecule has 1 fully saturated rings. The van der Waals surface area contributed by atoms with Gasteiger partial charge in [-0.05, 0) is 24.5 Å². The van der Waals surface area contributed by atoms with Crippen LogP contribution in [0, 0.1) is 0 Å². The van der Waals surface area contributed by atoms with Crippen molar-refractivity contribution in [3.05, 3.63) is 71.8 Å². The maximum absolute atomic E-state index is 12.9. The van der Waals surface area contributed by atoms with Crippen molar-refractivity contribution in [3.63, 3.8) is 0 Å². The third-order valence-electron chi connectivity index (χ3n) is 5.03. The molecule has 2 unspecified atom stereocenters. The first kappa shape index (κ1) is 17.6. The molecule has 0 saturated carbocycles. The number of nitrogens with zero attached hydrogens (tertiary/aromatic N) is 2. The fourth-order valence-corrected chi connectivity index (χ4v) is 3.63. The van der Waals surface area contributed by atoms with Crippen molar-refractivity contribution in [1.82, 2.24) is 9.80 Å². The van der Waals surface area contributed by atoms with Gasteiger partial charge in [0.1, 0.15) is 0 Å². The summed E-state index contributed by atoms with van der Waals surface area (Å²) in [6.45, 7) is 2.97. The number of aliphatic hydroxyl groups excluding tert-OH is 1. The van der Waals surface area contributed by atoms with E-state index in [0.29, 0.717) is 13.1 Å². The first-order valence-corrected chi connectivity index (χ1v) is 8.84. The molecule has 0 bridgehead atoms. The average Bonchev–Trinajstić information content (AvgIpc) is 2.94. The fourth-order valence-electron chi connectivity index (χ4n) is 3.63. The molecule has 25 heavy (non-hydrogen) atoms. The highest BCUT2D eigenvalue weighted by molar-refractivity contribution is 5.79. The van der Waals surface area contributed by atoms with Crippen molar-refractivity contribution in [2.45, 2.75) is 31.5 Å². The molecule has 2 atom stereocenters. The Morgan fingerprint density at radius 1 is 1.12 bits per heavy atom. The first-order valence-electron chi connectivity index (χ1n) is 8.84. The van der Waals surface area contributed by atoms with Gasteiger partial charge in [-0.1, -0.05) is 60.7 Å². The lowest BCUT2D eigenvalue weighted by atomic mass is 9.97. The third kappa shape index (κ3) is 4.09. The molecular formula is C21H26N2O2. The van der Waals surface area contributed by atoms with Crippen LogP contribution in [0.5, 0.6) is 0 Å². The molecule has 1 aliphatic heterocycles. The lowest BCUT2D eigenvalue weighted by molar-refractivity contribution is -0.132. The number of hydrogen-bond donors (Lipinski definition) is 1. The van der Waals surface area contributed by atoms with Gasteiger partial charge in [0, 0.05) is 19.6 Å². The zero-order valence-corrected chi connectivity index (χ0v) is 14.9. The molecule has 1 saturated heterocycles. The predicted molar refractivity (Wildman–Crippen MR) is 99.2 cm³/mol. The first-order chi connectivity index (χ1) is 12.1. The standard InChI is InChI=1S/C21H26N2O2/c1-16-13-19(24)14-23(16)15-20(25)22(2)21(17-9-5-3-6-10-17)18-11-7-4-8-12-18/h3-12,16,19,21,24H,13-15H2,1-2H3. The van der Waals surface area contributed by atoms with E-state index in [9.17, 15) is 9.90 Å². The Kier molecular flexibility index (Phi) is 5.51. The van der Waals surface area contributed by atoms with Gasteiger partial charge in [-0.15, -0.1) is 0 Å². The third-order valence-corrected chi connectivity index (χ3v) is 5.03. The number of likely N-dealkylation sites (N-methyl/N-ethyl adjacent to an activating group) is 1. The van der Waals surface area contributed by atoms with Crippen molar-refractivity contribution in [3.8, 4) is 0 Å². The van der Waals surface area contributed by atoms with Crippen LogP contribution in [0.4, 0.5) is 0 Å². The molecule has 4 heteroatoms. The molecule has 0 spiro atoms. The molecule has 2 aromatic rings. The maximum atomic E-state index is 12.9. The minimum Gasteiger partial charge on any atom is -0.392 e. The topological polar surface area (TPSA) is 43.8 Å². The zero-order chi connectivity index (χ0) is 17.8. The summed E-state index contributed by atoms with van der Waals surface area (Å²) >= 11 is 0. The summed E-state index contributed by atoms with van der Waals surface area (Å²) in [5.74, 6) is 0.0682. The number of amides is 1. The molecule has 0 aromatic heterocycles. The molecule has 1 heterocycles. The molecule has 2 aromatic carbocycles. The minimum atomic E-state index is -0.327. The van der Waals surface area contributed by atoms with Crippen LogP contribution in [0.1, 0.15) is 30.5 Å². The second-order valence-electron chi connectivity index (χ2n) is 6.90. The van der Waals surface area contributed by atoms with Crippen molar-refractivity contribution in [2.75, 3.05) is 20.1 Å². The Morgan fingerprint density at radius 2 is 1.64 bits per heavy atom. The highest BCUT2D eigenvalue weighted by Gasteiger charge is 2.31. The summed E-state index contributed by atoms with van der Waals surface area (Å²) in [7, 11) is 1.87. The Labute approximate surface area is 149 Å². The fraction of sp³-hybridized carbons (Fsp3) is 0.381. The van der Waals surface area contributed by atoms with E-state index in [0.717, 1.165) is 17.5 Å². The zero-order valence-electron chi connectivity index (χ0n) is 14.9. The number of β-amino-alcohol motifs (C(OH)–C–C–N with tert-alkyl or cyclic N) is 1. The second kappa shape index (κ2) is 7.81. The van der Waals surface area contributed by atoms with Crippen LogP contribution in [0.3, 0.4) is 0 Å². The molecule has 0 radical (unpaired) electrons. The molecule has 0 aliphatic carbocycles. The van der Waals surface area contributed by atoms with E-state index in [2.05, 4.69) is 36.1 Å². The number of benzene rings is 2. The van der Waals surface area contributed by atoms with E-state index in [1.54, 1.807) is 0 Å². The summed E-state index contributed by atoms with van der Waals surface area (Å²) in [5, 5.41) is 9.82. The monoisotopic (exact) mass is 338 g/mol. The van der Waals surface area contributed by atoms with Crippen molar-refractivity contribution in [1.29, 1.82) is 0 Å². The van der Waals surface area contributed by atoms with Gasteiger partial charge in [0.25, 0.3) is 0 Å². The van der Waals surface area contributed by atoms with E-state index in [-0.39, 0.29) is 24.1 Å². The number of hydrogen-bond acceptors (Lipinski definition) is 3. The average molecular weight is 338 g/mol. The van der Waals surface area contributed by atoms with Crippen molar-refractivity contribution in [2.24, 2.45) is 0 Å². The van der Waals surface area contributed by atoms with Crippen LogP contribution in [0.2, 0.25) is 0 Å². The number of aliphatic hydroxyl groups is 1. The van der Waals surface area contributed by atoms with Gasteiger partial charge in [-0.3, -0.25) is 9.69 Å². The van der Waals surface area contributed by atoms with E-state index in [4.69, 9.17) is 0 Å². The normalized spacial score (nSPS) is 20.8. The lowest BCUT2D eigenvalue weighted by Crippen LogP contribution is -2.41. The molecule has 1 amide bonds. The summed E-state index contributed by atoms with van der Waals surface area (Å²) in [5.41, 5.74) is 2.19. The van der Waals surface area contributed by atoms with Gasteiger partial charge in [-0.2, -0.15) is 0 Å². The highest BCUT2D eigenvalue weighted by atomic mass is 16.3. The molecule has 4 nitrogen and oxygen atoms in total. The van der Waals surface area contributed by atoms with Crippen molar-refractivity contribution < 1.29 is 9.90 Å². The molecule has 1 aliphatic rings. The van der Waals surface area contributed by atoms with E-state index >= 15 is 0 Å². The van der Waals surface area contributed by atoms with Gasteiger partial charge < -0.3 is 10.0 Å². The number of rotatable bonds is 5. The predicted octanol–water partition coefficient (Wildman–Crippen LogP) is 2.69. The van der Waals surface area contributed by atoms with Gasteiger partial charge in [0.05, 0.1) is 18.7 Å². The lowest BCUT2D eigenvalue weighted by Gasteiger charge is -2.31. The number of likely N-dealkylation sites (tertiary alicyclic amines) is 1. The molecule has 3 rings (SSSR count). The Bertz CT molecular complexity index is 650. The van der Waals surface area contributed by atoms with Gasteiger partial charge >= 0.3 is 0 Å². The highest BCUT2D eigenvalue weighted by Crippen LogP contribution is 2.28. The SMILES string of the molecule is CC1CC(O)CN1CC(=O)N(C)C(c1ccccc1)c1ccccc1. The maximum Gasteiger partial charge on any atom is 0.237 e. The van der Waals surface area contributed by atoms with Crippen LogP contribution in [0.25, 0.3) is 0 Å². The van der Waals surface area contributed by atoms with E-state index in [1.165, 1.54) is 0 Å². The molecular weight excluding hydrogens is 312 g/mol. The smallest absolute Gasteiger partial charge is 0.237 e. The minimum absolute atomic E-state index is 0.0682. The summed E-state index contributed by atoms with van der Waals surface area (Å²) in [6.07, 6.45) is 0.407. The van der Waals surface area contributed by atoms with Crippen LogP contribution >= 0.6 is 0 Å². The van der Waals surface area contributed by atoms with Crippen LogP contribution in [-0.2, 0) is 4.79 Å².